The minimum absolute atomic E-state index is 0.132. The van der Waals surface area contributed by atoms with Crippen LogP contribution in [0.2, 0.25) is 0 Å². The first-order valence-corrected chi connectivity index (χ1v) is 8.73. The Kier molecular flexibility index (Phi) is 5.88. The number of aliphatic hydroxyl groups excluding tert-OH is 1. The minimum atomic E-state index is 0.132. The summed E-state index contributed by atoms with van der Waals surface area (Å²) in [5.74, 6) is 1.16. The van der Waals surface area contributed by atoms with Gasteiger partial charge in [-0.05, 0) is 54.9 Å². The quantitative estimate of drug-likeness (QED) is 0.590. The summed E-state index contributed by atoms with van der Waals surface area (Å²) >= 11 is 0. The molecule has 1 unspecified atom stereocenters. The van der Waals surface area contributed by atoms with Crippen LogP contribution >= 0.6 is 0 Å². The summed E-state index contributed by atoms with van der Waals surface area (Å²) in [5, 5.41) is 10.6. The molecule has 22 heavy (non-hydrogen) atoms. The Morgan fingerprint density at radius 1 is 1.23 bits per heavy atom. The molecule has 0 heterocycles. The Bertz CT molecular complexity index is 563. The fraction of sp³-hybridized carbons (Fsp3) is 0.524. The van der Waals surface area contributed by atoms with Gasteiger partial charge in [0.15, 0.2) is 0 Å². The van der Waals surface area contributed by atoms with Crippen molar-refractivity contribution in [1.82, 2.24) is 0 Å². The van der Waals surface area contributed by atoms with Crippen LogP contribution in [0, 0.1) is 6.92 Å². The summed E-state index contributed by atoms with van der Waals surface area (Å²) in [6.45, 7) is 8.81. The van der Waals surface area contributed by atoms with E-state index < -0.39 is 0 Å². The maximum atomic E-state index is 10.6. The highest BCUT2D eigenvalue weighted by Gasteiger charge is 2.22. The Morgan fingerprint density at radius 3 is 2.64 bits per heavy atom. The van der Waals surface area contributed by atoms with E-state index in [1.807, 2.05) is 6.08 Å². The standard InChI is InChI=1S/C21H30O/c1-5-6-7-8-17-10-12-19(21(22)14-17)20-13-16(4)9-11-18(20)15(2)3/h9-11,13-15,19,22H,5-8,12H2,1-4H3. The molecule has 0 saturated heterocycles. The van der Waals surface area contributed by atoms with E-state index in [0.29, 0.717) is 11.7 Å². The third-order valence-corrected chi connectivity index (χ3v) is 4.61. The smallest absolute Gasteiger partial charge is 0.100 e. The molecule has 0 saturated carbocycles. The van der Waals surface area contributed by atoms with Crippen molar-refractivity contribution in [3.63, 3.8) is 0 Å². The van der Waals surface area contributed by atoms with Gasteiger partial charge in [0.05, 0.1) is 0 Å². The molecule has 1 heteroatoms. The first-order valence-electron chi connectivity index (χ1n) is 8.73. The van der Waals surface area contributed by atoms with E-state index in [2.05, 4.69) is 52.0 Å². The lowest BCUT2D eigenvalue weighted by molar-refractivity contribution is 0.362. The summed E-state index contributed by atoms with van der Waals surface area (Å²) in [7, 11) is 0. The number of unbranched alkanes of at least 4 members (excludes halogenated alkanes) is 2. The first kappa shape index (κ1) is 16.9. The van der Waals surface area contributed by atoms with Gasteiger partial charge in [0, 0.05) is 5.92 Å². The molecule has 0 aliphatic heterocycles. The number of benzene rings is 1. The van der Waals surface area contributed by atoms with E-state index >= 15 is 0 Å². The van der Waals surface area contributed by atoms with Gasteiger partial charge in [0.25, 0.3) is 0 Å². The van der Waals surface area contributed by atoms with Gasteiger partial charge in [-0.25, -0.2) is 0 Å². The summed E-state index contributed by atoms with van der Waals surface area (Å²) in [6.07, 6.45) is 10.1. The normalized spacial score (nSPS) is 18.3. The van der Waals surface area contributed by atoms with Crippen molar-refractivity contribution < 1.29 is 5.11 Å². The molecule has 1 nitrogen and oxygen atoms in total. The maximum absolute atomic E-state index is 10.6. The second kappa shape index (κ2) is 7.67. The maximum Gasteiger partial charge on any atom is 0.100 e. The van der Waals surface area contributed by atoms with E-state index in [9.17, 15) is 5.11 Å². The SMILES string of the molecule is CCCCCC1=CCC(c2cc(C)ccc2C(C)C)C(O)=C1. The summed E-state index contributed by atoms with van der Waals surface area (Å²) in [4.78, 5) is 0. The van der Waals surface area contributed by atoms with Gasteiger partial charge in [-0.1, -0.05) is 63.5 Å². The summed E-state index contributed by atoms with van der Waals surface area (Å²) < 4.78 is 0. The van der Waals surface area contributed by atoms with E-state index in [1.54, 1.807) is 0 Å². The monoisotopic (exact) mass is 298 g/mol. The number of hydrogen-bond acceptors (Lipinski definition) is 1. The largest absolute Gasteiger partial charge is 0.512 e. The van der Waals surface area contributed by atoms with Crippen LogP contribution in [0.25, 0.3) is 0 Å². The molecular formula is C21H30O. The molecule has 0 amide bonds. The molecule has 0 aromatic heterocycles. The number of hydrogen-bond donors (Lipinski definition) is 1. The molecule has 1 N–H and O–H groups in total. The van der Waals surface area contributed by atoms with Crippen LogP contribution in [0.4, 0.5) is 0 Å². The van der Waals surface area contributed by atoms with E-state index in [1.165, 1.54) is 41.5 Å². The number of aliphatic hydroxyl groups is 1. The number of allylic oxidation sites excluding steroid dienone is 4. The highest BCUT2D eigenvalue weighted by Crippen LogP contribution is 2.37. The second-order valence-electron chi connectivity index (χ2n) is 6.88. The Hall–Kier alpha value is -1.50. The average molecular weight is 298 g/mol. The highest BCUT2D eigenvalue weighted by atomic mass is 16.3. The molecule has 1 aliphatic carbocycles. The van der Waals surface area contributed by atoms with Crippen LogP contribution in [-0.4, -0.2) is 5.11 Å². The van der Waals surface area contributed by atoms with Crippen LogP contribution < -0.4 is 0 Å². The lowest BCUT2D eigenvalue weighted by Gasteiger charge is -2.24. The van der Waals surface area contributed by atoms with Crippen molar-refractivity contribution >= 4 is 0 Å². The number of aryl methyl sites for hydroxylation is 1. The minimum Gasteiger partial charge on any atom is -0.512 e. The lowest BCUT2D eigenvalue weighted by atomic mass is 9.82. The molecule has 1 aromatic rings. The molecule has 0 spiro atoms. The zero-order chi connectivity index (χ0) is 16.1. The molecular weight excluding hydrogens is 268 g/mol. The average Bonchev–Trinajstić information content (AvgIpc) is 2.47. The van der Waals surface area contributed by atoms with Crippen molar-refractivity contribution in [3.05, 3.63) is 58.4 Å². The van der Waals surface area contributed by atoms with E-state index in [4.69, 9.17) is 0 Å². The second-order valence-corrected chi connectivity index (χ2v) is 6.88. The van der Waals surface area contributed by atoms with Crippen molar-refractivity contribution in [3.8, 4) is 0 Å². The van der Waals surface area contributed by atoms with Gasteiger partial charge in [-0.3, -0.25) is 0 Å². The Labute approximate surface area is 135 Å². The predicted molar refractivity (Wildman–Crippen MR) is 95.6 cm³/mol. The van der Waals surface area contributed by atoms with Gasteiger partial charge in [0.1, 0.15) is 5.76 Å². The Morgan fingerprint density at radius 2 is 2.00 bits per heavy atom. The lowest BCUT2D eigenvalue weighted by Crippen LogP contribution is -2.10. The van der Waals surface area contributed by atoms with Gasteiger partial charge in [-0.15, -0.1) is 0 Å². The molecule has 1 aliphatic rings. The highest BCUT2D eigenvalue weighted by molar-refractivity contribution is 5.42. The van der Waals surface area contributed by atoms with Crippen LogP contribution in [0.3, 0.4) is 0 Å². The fourth-order valence-corrected chi connectivity index (χ4v) is 3.30. The third-order valence-electron chi connectivity index (χ3n) is 4.61. The van der Waals surface area contributed by atoms with Crippen LogP contribution in [-0.2, 0) is 0 Å². The van der Waals surface area contributed by atoms with E-state index in [-0.39, 0.29) is 5.92 Å². The van der Waals surface area contributed by atoms with Crippen molar-refractivity contribution in [2.24, 2.45) is 0 Å². The van der Waals surface area contributed by atoms with Crippen LogP contribution in [0.1, 0.15) is 81.4 Å². The zero-order valence-electron chi connectivity index (χ0n) is 14.5. The molecule has 1 atom stereocenters. The third kappa shape index (κ3) is 4.03. The van der Waals surface area contributed by atoms with E-state index in [0.717, 1.165) is 12.8 Å². The molecule has 0 fully saturated rings. The van der Waals surface area contributed by atoms with Gasteiger partial charge in [-0.2, -0.15) is 0 Å². The van der Waals surface area contributed by atoms with Crippen molar-refractivity contribution in [2.45, 2.75) is 71.6 Å². The molecule has 0 radical (unpaired) electrons. The molecule has 2 rings (SSSR count). The molecule has 0 bridgehead atoms. The number of rotatable bonds is 6. The fourth-order valence-electron chi connectivity index (χ4n) is 3.30. The van der Waals surface area contributed by atoms with Gasteiger partial charge < -0.3 is 5.11 Å². The molecule has 120 valence electrons. The van der Waals surface area contributed by atoms with Gasteiger partial charge in [0.2, 0.25) is 0 Å². The summed E-state index contributed by atoms with van der Waals surface area (Å²) in [5.41, 5.74) is 5.23. The first-order chi connectivity index (χ1) is 10.5. The summed E-state index contributed by atoms with van der Waals surface area (Å²) in [6, 6.07) is 6.65. The Balaban J connectivity index is 2.19. The van der Waals surface area contributed by atoms with Crippen LogP contribution in [0.5, 0.6) is 0 Å². The topological polar surface area (TPSA) is 20.2 Å². The molecule has 1 aromatic carbocycles. The van der Waals surface area contributed by atoms with Crippen LogP contribution in [0.15, 0.2) is 41.7 Å². The van der Waals surface area contributed by atoms with Crippen molar-refractivity contribution in [1.29, 1.82) is 0 Å². The zero-order valence-corrected chi connectivity index (χ0v) is 14.5. The van der Waals surface area contributed by atoms with Crippen molar-refractivity contribution in [2.75, 3.05) is 0 Å². The predicted octanol–water partition coefficient (Wildman–Crippen LogP) is 6.55. The van der Waals surface area contributed by atoms with Gasteiger partial charge >= 0.3 is 0 Å².